The van der Waals surface area contributed by atoms with Gasteiger partial charge in [-0.1, -0.05) is 6.08 Å². The van der Waals surface area contributed by atoms with E-state index < -0.39 is 11.6 Å². The minimum atomic E-state index is -0.857. The smallest absolute Gasteiger partial charge is 0.407 e. The molecule has 0 aliphatic heterocycles. The highest BCUT2D eigenvalue weighted by molar-refractivity contribution is 7.11. The summed E-state index contributed by atoms with van der Waals surface area (Å²) < 4.78 is 0. The predicted molar refractivity (Wildman–Crippen MR) is 146 cm³/mol. The number of carboxylic acid groups (broad SMARTS) is 1. The molecule has 0 aromatic carbocycles. The fourth-order valence-corrected chi connectivity index (χ4v) is 6.71. The quantitative estimate of drug-likeness (QED) is 0.439. The van der Waals surface area contributed by atoms with Crippen molar-refractivity contribution in [3.05, 3.63) is 60.7 Å². The summed E-state index contributed by atoms with van der Waals surface area (Å²) in [6.45, 7) is 13.7. The highest BCUT2D eigenvalue weighted by atomic mass is 32.1. The van der Waals surface area contributed by atoms with Gasteiger partial charge in [0.05, 0.1) is 5.56 Å². The number of rotatable bonds is 6. The molecule has 2 aromatic heterocycles. The molecule has 1 fully saturated rings. The van der Waals surface area contributed by atoms with Gasteiger partial charge in [0.1, 0.15) is 0 Å². The molecule has 0 radical (unpaired) electrons. The Balaban J connectivity index is 1.71. The van der Waals surface area contributed by atoms with Gasteiger partial charge in [-0.3, -0.25) is 9.59 Å². The van der Waals surface area contributed by atoms with E-state index in [2.05, 4.69) is 16.4 Å². The molecule has 0 bridgehead atoms. The average Bonchev–Trinajstić information content (AvgIpc) is 3.14. The molecule has 1 aliphatic rings. The summed E-state index contributed by atoms with van der Waals surface area (Å²) in [5, 5.41) is 14.6. The van der Waals surface area contributed by atoms with Crippen LogP contribution in [0.2, 0.25) is 0 Å². The zero-order valence-corrected chi connectivity index (χ0v) is 23.3. The number of carbonyl (C=O) groups is 2. The summed E-state index contributed by atoms with van der Waals surface area (Å²) in [4.78, 5) is 42.7. The lowest BCUT2D eigenvalue weighted by Gasteiger charge is -2.43. The molecule has 36 heavy (non-hydrogen) atoms. The lowest BCUT2D eigenvalue weighted by Crippen LogP contribution is -2.52. The monoisotopic (exact) mass is 513 g/mol. The standard InChI is InChI=1S/C28H39N3O4S/c1-8-21(19-9-11-20(12-10-19)31(27(34)35)28(5,6)7)24-18(4)23(15-36-24)25(32)29-14-22-16(2)13-17(3)30-26(22)33/h8,13,15,19-20H,9-12,14H2,1-7H3,(H,29,32)(H,30,33)(H,34,35)/b21-8+/t19-,20-. The number of H-pyrrole nitrogens is 1. The van der Waals surface area contributed by atoms with Crippen LogP contribution >= 0.6 is 11.3 Å². The Hall–Kier alpha value is -2.87. The molecule has 1 aliphatic carbocycles. The van der Waals surface area contributed by atoms with E-state index in [9.17, 15) is 19.5 Å². The number of amides is 2. The lowest BCUT2D eigenvalue weighted by molar-refractivity contribution is 0.0536. The summed E-state index contributed by atoms with van der Waals surface area (Å²) >= 11 is 1.58. The van der Waals surface area contributed by atoms with Crippen molar-refractivity contribution in [3.63, 3.8) is 0 Å². The molecule has 3 N–H and O–H groups in total. The average molecular weight is 514 g/mol. The van der Waals surface area contributed by atoms with Crippen LogP contribution in [0.1, 0.15) is 91.0 Å². The van der Waals surface area contributed by atoms with Gasteiger partial charge in [0, 0.05) is 39.6 Å². The van der Waals surface area contributed by atoms with E-state index in [4.69, 9.17) is 0 Å². The van der Waals surface area contributed by atoms with Gasteiger partial charge >= 0.3 is 6.09 Å². The normalized spacial score (nSPS) is 18.7. The third kappa shape index (κ3) is 5.91. The number of aromatic nitrogens is 1. The van der Waals surface area contributed by atoms with Gasteiger partial charge in [0.2, 0.25) is 0 Å². The second-order valence-corrected chi connectivity index (χ2v) is 11.7. The number of nitrogens with zero attached hydrogens (tertiary/aromatic N) is 1. The lowest BCUT2D eigenvalue weighted by atomic mass is 9.79. The topological polar surface area (TPSA) is 103 Å². The molecule has 1 saturated carbocycles. The molecular weight excluding hydrogens is 474 g/mol. The first-order valence-corrected chi connectivity index (χ1v) is 13.5. The minimum absolute atomic E-state index is 0.0241. The van der Waals surface area contributed by atoms with Crippen molar-refractivity contribution < 1.29 is 14.7 Å². The van der Waals surface area contributed by atoms with Gasteiger partial charge in [-0.15, -0.1) is 11.3 Å². The Morgan fingerprint density at radius 1 is 1.19 bits per heavy atom. The highest BCUT2D eigenvalue weighted by Crippen LogP contribution is 2.41. The van der Waals surface area contributed by atoms with Crippen molar-refractivity contribution in [2.75, 3.05) is 0 Å². The first-order chi connectivity index (χ1) is 16.8. The van der Waals surface area contributed by atoms with Gasteiger partial charge in [0.15, 0.2) is 0 Å². The second-order valence-electron chi connectivity index (χ2n) is 10.8. The first-order valence-electron chi connectivity index (χ1n) is 12.6. The van der Waals surface area contributed by atoms with Crippen LogP contribution in [0, 0.1) is 26.7 Å². The fourth-order valence-electron chi connectivity index (χ4n) is 5.48. The molecular formula is C28H39N3O4S. The van der Waals surface area contributed by atoms with Crippen LogP contribution in [0.4, 0.5) is 4.79 Å². The third-order valence-electron chi connectivity index (χ3n) is 7.21. The van der Waals surface area contributed by atoms with Crippen molar-refractivity contribution in [2.45, 2.75) is 92.3 Å². The molecule has 8 heteroatoms. The van der Waals surface area contributed by atoms with Crippen molar-refractivity contribution in [1.82, 2.24) is 15.2 Å². The van der Waals surface area contributed by atoms with Crippen LogP contribution in [-0.4, -0.2) is 38.6 Å². The Morgan fingerprint density at radius 3 is 2.36 bits per heavy atom. The summed E-state index contributed by atoms with van der Waals surface area (Å²) in [6.07, 6.45) is 4.77. The number of nitrogens with one attached hydrogen (secondary N) is 2. The maximum absolute atomic E-state index is 13.0. The molecule has 0 unspecified atom stereocenters. The maximum atomic E-state index is 13.0. The van der Waals surface area contributed by atoms with Crippen LogP contribution in [0.15, 0.2) is 22.3 Å². The van der Waals surface area contributed by atoms with Crippen LogP contribution in [0.3, 0.4) is 0 Å². The number of pyridine rings is 1. The fraction of sp³-hybridized carbons (Fsp3) is 0.536. The van der Waals surface area contributed by atoms with E-state index in [1.807, 2.05) is 59.9 Å². The van der Waals surface area contributed by atoms with Gasteiger partial charge < -0.3 is 20.3 Å². The van der Waals surface area contributed by atoms with Gasteiger partial charge in [-0.05, 0) is 103 Å². The molecule has 3 rings (SSSR count). The molecule has 0 spiro atoms. The number of hydrogen-bond acceptors (Lipinski definition) is 4. The molecule has 7 nitrogen and oxygen atoms in total. The number of aromatic amines is 1. The van der Waals surface area contributed by atoms with E-state index in [0.29, 0.717) is 17.0 Å². The Labute approximate surface area is 217 Å². The molecule has 2 heterocycles. The number of hydrogen-bond donors (Lipinski definition) is 3. The Bertz CT molecular complexity index is 1210. The minimum Gasteiger partial charge on any atom is -0.465 e. The summed E-state index contributed by atoms with van der Waals surface area (Å²) in [6, 6.07) is 1.93. The van der Waals surface area contributed by atoms with E-state index in [0.717, 1.165) is 47.4 Å². The SMILES string of the molecule is C/C=C(/c1scc(C(=O)NCc2c(C)cc(C)[nH]c2=O)c1C)[C@H]1CC[C@H](N(C(=O)O)C(C)(C)C)CC1. The third-order valence-corrected chi connectivity index (χ3v) is 8.34. The molecule has 0 saturated heterocycles. The van der Waals surface area contributed by atoms with Gasteiger partial charge in [0.25, 0.3) is 11.5 Å². The molecule has 2 amide bonds. The number of aryl methyl sites for hydroxylation is 2. The van der Waals surface area contributed by atoms with Crippen molar-refractivity contribution >= 4 is 28.9 Å². The highest BCUT2D eigenvalue weighted by Gasteiger charge is 2.36. The van der Waals surface area contributed by atoms with Crippen LogP contribution in [0.5, 0.6) is 0 Å². The predicted octanol–water partition coefficient (Wildman–Crippen LogP) is 6.03. The van der Waals surface area contributed by atoms with E-state index >= 15 is 0 Å². The van der Waals surface area contributed by atoms with Crippen LogP contribution in [0.25, 0.3) is 5.57 Å². The van der Waals surface area contributed by atoms with Crippen molar-refractivity contribution in [2.24, 2.45) is 5.92 Å². The van der Waals surface area contributed by atoms with E-state index in [1.54, 1.807) is 16.2 Å². The Kier molecular flexibility index (Phi) is 8.49. The maximum Gasteiger partial charge on any atom is 0.407 e. The zero-order chi connectivity index (χ0) is 26.8. The summed E-state index contributed by atoms with van der Waals surface area (Å²) in [5.74, 6) is 0.153. The largest absolute Gasteiger partial charge is 0.465 e. The first kappa shape index (κ1) is 27.7. The van der Waals surface area contributed by atoms with E-state index in [1.165, 1.54) is 5.57 Å². The van der Waals surface area contributed by atoms with Crippen LogP contribution in [-0.2, 0) is 6.54 Å². The van der Waals surface area contributed by atoms with Gasteiger partial charge in [-0.2, -0.15) is 0 Å². The van der Waals surface area contributed by atoms with Crippen molar-refractivity contribution in [1.29, 1.82) is 0 Å². The summed E-state index contributed by atoms with van der Waals surface area (Å²) in [5.41, 5.74) is 4.44. The molecule has 2 aromatic rings. The van der Waals surface area contributed by atoms with E-state index in [-0.39, 0.29) is 24.1 Å². The Morgan fingerprint density at radius 2 is 1.83 bits per heavy atom. The number of allylic oxidation sites excluding steroid dienone is 2. The number of thiophene rings is 1. The van der Waals surface area contributed by atoms with Crippen LogP contribution < -0.4 is 10.9 Å². The summed E-state index contributed by atoms with van der Waals surface area (Å²) in [7, 11) is 0. The molecule has 0 atom stereocenters. The second kappa shape index (κ2) is 11.0. The zero-order valence-electron chi connectivity index (χ0n) is 22.4. The van der Waals surface area contributed by atoms with Crippen molar-refractivity contribution in [3.8, 4) is 0 Å². The van der Waals surface area contributed by atoms with Gasteiger partial charge in [-0.25, -0.2) is 4.79 Å². The molecule has 196 valence electrons. The number of carbonyl (C=O) groups excluding carboxylic acids is 1.